The highest BCUT2D eigenvalue weighted by Crippen LogP contribution is 2.30. The maximum Gasteiger partial charge on any atom is 0.133 e. The molecule has 0 aliphatic carbocycles. The fraction of sp³-hybridized carbons (Fsp3) is 0.444. The number of furan rings is 1. The third-order valence-corrected chi connectivity index (χ3v) is 4.14. The van der Waals surface area contributed by atoms with Crippen LogP contribution in [0.25, 0.3) is 0 Å². The molecule has 2 aromatic rings. The minimum atomic E-state index is -0.631. The first-order valence-corrected chi connectivity index (χ1v) is 7.85. The smallest absolute Gasteiger partial charge is 0.133 e. The van der Waals surface area contributed by atoms with Crippen molar-refractivity contribution in [1.29, 1.82) is 0 Å². The van der Waals surface area contributed by atoms with Gasteiger partial charge in [0.25, 0.3) is 0 Å². The maximum absolute atomic E-state index is 10.2. The molecule has 1 aromatic carbocycles. The van der Waals surface area contributed by atoms with Crippen molar-refractivity contribution in [2.45, 2.75) is 32.4 Å². The van der Waals surface area contributed by atoms with E-state index in [9.17, 15) is 5.11 Å². The van der Waals surface area contributed by atoms with Crippen molar-refractivity contribution in [1.82, 2.24) is 5.32 Å². The molecule has 0 saturated carbocycles. The van der Waals surface area contributed by atoms with Crippen LogP contribution in [0.2, 0.25) is 0 Å². The number of aliphatic hydroxyl groups is 1. The Kier molecular flexibility index (Phi) is 4.50. The van der Waals surface area contributed by atoms with E-state index in [0.717, 1.165) is 18.8 Å². The Labute approximate surface area is 131 Å². The number of nitrogens with one attached hydrogen (secondary N) is 1. The molecule has 0 amide bonds. The van der Waals surface area contributed by atoms with Gasteiger partial charge >= 0.3 is 0 Å². The van der Waals surface area contributed by atoms with Gasteiger partial charge in [-0.15, -0.1) is 0 Å². The Morgan fingerprint density at radius 3 is 2.86 bits per heavy atom. The molecular formula is C18H23NO3. The molecule has 0 radical (unpaired) electrons. The van der Waals surface area contributed by atoms with Crippen molar-refractivity contribution in [2.75, 3.05) is 13.2 Å². The summed E-state index contributed by atoms with van der Waals surface area (Å²) < 4.78 is 10.8. The van der Waals surface area contributed by atoms with Gasteiger partial charge in [0.1, 0.15) is 17.6 Å². The van der Waals surface area contributed by atoms with Gasteiger partial charge in [0.2, 0.25) is 0 Å². The number of ether oxygens (including phenoxy) is 1. The molecule has 2 heterocycles. The topological polar surface area (TPSA) is 54.6 Å². The van der Waals surface area contributed by atoms with Crippen molar-refractivity contribution in [3.05, 3.63) is 53.5 Å². The number of rotatable bonds is 6. The van der Waals surface area contributed by atoms with Crippen LogP contribution in [0.1, 0.15) is 42.9 Å². The molecule has 2 atom stereocenters. The standard InChI is InChI=1S/C18H23NO3/c1-12(2)18(19-11-15(20)17-4-3-8-21-17)14-5-6-16-13(10-14)7-9-22-16/h3-6,8,10,12,15,18-20H,7,9,11H2,1-2H3. The fourth-order valence-corrected chi connectivity index (χ4v) is 2.96. The van der Waals surface area contributed by atoms with Gasteiger partial charge in [0.15, 0.2) is 0 Å². The predicted octanol–water partition coefficient (Wildman–Crippen LogP) is 3.23. The van der Waals surface area contributed by atoms with E-state index in [4.69, 9.17) is 9.15 Å². The molecule has 2 unspecified atom stereocenters. The summed E-state index contributed by atoms with van der Waals surface area (Å²) in [5, 5.41) is 13.6. The van der Waals surface area contributed by atoms with Gasteiger partial charge in [-0.05, 0) is 35.2 Å². The number of hydrogen-bond acceptors (Lipinski definition) is 4. The zero-order valence-corrected chi connectivity index (χ0v) is 13.1. The zero-order valence-electron chi connectivity index (χ0n) is 13.1. The van der Waals surface area contributed by atoms with E-state index < -0.39 is 6.10 Å². The van der Waals surface area contributed by atoms with Crippen molar-refractivity contribution in [3.8, 4) is 5.75 Å². The summed E-state index contributed by atoms with van der Waals surface area (Å²) >= 11 is 0. The summed E-state index contributed by atoms with van der Waals surface area (Å²) in [6.45, 7) is 5.60. The minimum absolute atomic E-state index is 0.190. The van der Waals surface area contributed by atoms with Gasteiger partial charge in [-0.2, -0.15) is 0 Å². The predicted molar refractivity (Wildman–Crippen MR) is 84.9 cm³/mol. The first-order chi connectivity index (χ1) is 10.6. The van der Waals surface area contributed by atoms with Crippen LogP contribution in [-0.4, -0.2) is 18.3 Å². The summed E-state index contributed by atoms with van der Waals surface area (Å²) in [4.78, 5) is 0. The lowest BCUT2D eigenvalue weighted by atomic mass is 9.94. The fourth-order valence-electron chi connectivity index (χ4n) is 2.96. The van der Waals surface area contributed by atoms with Gasteiger partial charge in [0, 0.05) is 19.0 Å². The third-order valence-electron chi connectivity index (χ3n) is 4.14. The normalized spacial score (nSPS) is 16.4. The van der Waals surface area contributed by atoms with Crippen LogP contribution in [0, 0.1) is 5.92 Å². The lowest BCUT2D eigenvalue weighted by molar-refractivity contribution is 0.140. The number of hydrogen-bond donors (Lipinski definition) is 2. The molecule has 1 aromatic heterocycles. The average molecular weight is 301 g/mol. The van der Waals surface area contributed by atoms with Crippen LogP contribution < -0.4 is 10.1 Å². The second-order valence-corrected chi connectivity index (χ2v) is 6.13. The Bertz CT molecular complexity index is 607. The van der Waals surface area contributed by atoms with Crippen molar-refractivity contribution in [3.63, 3.8) is 0 Å². The van der Waals surface area contributed by atoms with E-state index in [1.54, 1.807) is 18.4 Å². The van der Waals surface area contributed by atoms with Crippen molar-refractivity contribution >= 4 is 0 Å². The Hall–Kier alpha value is -1.78. The second kappa shape index (κ2) is 6.55. The number of fused-ring (bicyclic) bond motifs is 1. The average Bonchev–Trinajstić information content (AvgIpc) is 3.17. The summed E-state index contributed by atoms with van der Waals surface area (Å²) in [5.41, 5.74) is 2.52. The number of benzene rings is 1. The van der Waals surface area contributed by atoms with Gasteiger partial charge in [0.05, 0.1) is 12.9 Å². The van der Waals surface area contributed by atoms with E-state index in [2.05, 4.69) is 37.4 Å². The first-order valence-electron chi connectivity index (χ1n) is 7.85. The van der Waals surface area contributed by atoms with E-state index >= 15 is 0 Å². The molecule has 4 nitrogen and oxygen atoms in total. The van der Waals surface area contributed by atoms with E-state index in [1.807, 2.05) is 0 Å². The van der Waals surface area contributed by atoms with Crippen LogP contribution in [0.5, 0.6) is 5.75 Å². The van der Waals surface area contributed by atoms with E-state index in [0.29, 0.717) is 18.2 Å². The quantitative estimate of drug-likeness (QED) is 0.860. The Morgan fingerprint density at radius 1 is 1.27 bits per heavy atom. The number of aliphatic hydroxyl groups excluding tert-OH is 1. The highest BCUT2D eigenvalue weighted by molar-refractivity contribution is 5.41. The molecule has 118 valence electrons. The summed E-state index contributed by atoms with van der Waals surface area (Å²) in [6.07, 6.45) is 1.93. The van der Waals surface area contributed by atoms with Crippen molar-refractivity contribution < 1.29 is 14.3 Å². The second-order valence-electron chi connectivity index (χ2n) is 6.13. The molecule has 2 N–H and O–H groups in total. The summed E-state index contributed by atoms with van der Waals surface area (Å²) in [7, 11) is 0. The third kappa shape index (κ3) is 3.18. The molecule has 4 heteroatoms. The zero-order chi connectivity index (χ0) is 15.5. The molecule has 22 heavy (non-hydrogen) atoms. The highest BCUT2D eigenvalue weighted by atomic mass is 16.5. The lowest BCUT2D eigenvalue weighted by Gasteiger charge is -2.24. The van der Waals surface area contributed by atoms with Crippen molar-refractivity contribution in [2.24, 2.45) is 5.92 Å². The molecular weight excluding hydrogens is 278 g/mol. The minimum Gasteiger partial charge on any atom is -0.493 e. The van der Waals surface area contributed by atoms with Crippen LogP contribution in [-0.2, 0) is 6.42 Å². The van der Waals surface area contributed by atoms with Crippen LogP contribution >= 0.6 is 0 Å². The van der Waals surface area contributed by atoms with E-state index in [1.165, 1.54) is 11.1 Å². The van der Waals surface area contributed by atoms with Gasteiger partial charge < -0.3 is 19.6 Å². The molecule has 3 rings (SSSR count). The Balaban J connectivity index is 1.70. The summed E-state index contributed by atoms with van der Waals surface area (Å²) in [6, 6.07) is 10.2. The van der Waals surface area contributed by atoms with E-state index in [-0.39, 0.29) is 6.04 Å². The first kappa shape index (κ1) is 15.1. The lowest BCUT2D eigenvalue weighted by Crippen LogP contribution is -2.29. The summed E-state index contributed by atoms with van der Waals surface area (Å²) in [5.74, 6) is 2.02. The molecule has 1 aliphatic heterocycles. The van der Waals surface area contributed by atoms with Crippen LogP contribution in [0.3, 0.4) is 0 Å². The van der Waals surface area contributed by atoms with Gasteiger partial charge in [-0.25, -0.2) is 0 Å². The molecule has 0 spiro atoms. The maximum atomic E-state index is 10.2. The van der Waals surface area contributed by atoms with Gasteiger partial charge in [-0.3, -0.25) is 0 Å². The Morgan fingerprint density at radius 2 is 2.14 bits per heavy atom. The molecule has 1 aliphatic rings. The molecule has 0 bridgehead atoms. The monoisotopic (exact) mass is 301 g/mol. The SMILES string of the molecule is CC(C)C(NCC(O)c1ccco1)c1ccc2c(c1)CCO2. The highest BCUT2D eigenvalue weighted by Gasteiger charge is 2.21. The van der Waals surface area contributed by atoms with Crippen LogP contribution in [0.15, 0.2) is 41.0 Å². The van der Waals surface area contributed by atoms with Crippen LogP contribution in [0.4, 0.5) is 0 Å². The molecule has 0 saturated heterocycles. The largest absolute Gasteiger partial charge is 0.493 e. The molecule has 0 fully saturated rings. The van der Waals surface area contributed by atoms with Gasteiger partial charge in [-0.1, -0.05) is 26.0 Å².